The van der Waals surface area contributed by atoms with E-state index in [9.17, 15) is 4.79 Å². The van der Waals surface area contributed by atoms with Gasteiger partial charge in [-0.3, -0.25) is 4.79 Å². The Kier molecular flexibility index (Phi) is 5.16. The summed E-state index contributed by atoms with van der Waals surface area (Å²) >= 11 is 0. The second-order valence-corrected chi connectivity index (χ2v) is 8.92. The molecule has 154 valence electrons. The molecule has 0 radical (unpaired) electrons. The molecule has 0 saturated heterocycles. The molecule has 0 bridgehead atoms. The zero-order chi connectivity index (χ0) is 20.5. The first-order chi connectivity index (χ1) is 14.7. The standard InChI is InChI=1S/C26H29N3O/c1-18-10-12-21(13-11-18)27-26(30)23-16-25(28-24-9-5-4-8-22(23)24)29-15-14-19-6-2-3-7-20(19)17-29/h2-9,16,18,21H,10-15,17H2,1H3,(H,27,30). The molecule has 2 aromatic carbocycles. The number of nitrogens with one attached hydrogen (secondary N) is 1. The lowest BCUT2D eigenvalue weighted by molar-refractivity contribution is 0.0924. The summed E-state index contributed by atoms with van der Waals surface area (Å²) in [5, 5.41) is 4.24. The predicted octanol–water partition coefficient (Wildman–Crippen LogP) is 5.11. The van der Waals surface area contributed by atoms with E-state index in [2.05, 4.69) is 41.4 Å². The number of hydrogen-bond acceptors (Lipinski definition) is 3. The third-order valence-electron chi connectivity index (χ3n) is 6.75. The van der Waals surface area contributed by atoms with E-state index >= 15 is 0 Å². The number of para-hydroxylation sites is 1. The SMILES string of the molecule is CC1CCC(NC(=O)c2cc(N3CCc4ccccc4C3)nc3ccccc23)CC1. The number of carbonyl (C=O) groups excluding carboxylic acids is 1. The maximum Gasteiger partial charge on any atom is 0.252 e. The minimum atomic E-state index is 0.0341. The monoisotopic (exact) mass is 399 g/mol. The van der Waals surface area contributed by atoms with Gasteiger partial charge in [-0.15, -0.1) is 0 Å². The van der Waals surface area contributed by atoms with E-state index in [-0.39, 0.29) is 11.9 Å². The van der Waals surface area contributed by atoms with Gasteiger partial charge in [0.2, 0.25) is 0 Å². The van der Waals surface area contributed by atoms with Gasteiger partial charge in [0.25, 0.3) is 5.91 Å². The summed E-state index contributed by atoms with van der Waals surface area (Å²) in [5.74, 6) is 1.70. The van der Waals surface area contributed by atoms with Gasteiger partial charge in [0.05, 0.1) is 11.1 Å². The molecule has 30 heavy (non-hydrogen) atoms. The minimum Gasteiger partial charge on any atom is -0.352 e. The fourth-order valence-corrected chi connectivity index (χ4v) is 4.87. The summed E-state index contributed by atoms with van der Waals surface area (Å²) in [6.07, 6.45) is 5.55. The van der Waals surface area contributed by atoms with E-state index in [1.807, 2.05) is 30.3 Å². The summed E-state index contributed by atoms with van der Waals surface area (Å²) in [6.45, 7) is 4.06. The highest BCUT2D eigenvalue weighted by Gasteiger charge is 2.23. The topological polar surface area (TPSA) is 45.2 Å². The van der Waals surface area contributed by atoms with E-state index < -0.39 is 0 Å². The molecule has 4 heteroatoms. The molecule has 1 aliphatic heterocycles. The number of pyridine rings is 1. The maximum atomic E-state index is 13.3. The van der Waals surface area contributed by atoms with Crippen molar-refractivity contribution < 1.29 is 4.79 Å². The van der Waals surface area contributed by atoms with Crippen LogP contribution in [0.3, 0.4) is 0 Å². The Morgan fingerprint density at radius 3 is 2.57 bits per heavy atom. The van der Waals surface area contributed by atoms with E-state index in [0.29, 0.717) is 0 Å². The van der Waals surface area contributed by atoms with Gasteiger partial charge >= 0.3 is 0 Å². The van der Waals surface area contributed by atoms with Gasteiger partial charge in [0, 0.05) is 24.5 Å². The normalized spacial score (nSPS) is 21.3. The van der Waals surface area contributed by atoms with Crippen LogP contribution >= 0.6 is 0 Å². The number of anilines is 1. The highest BCUT2D eigenvalue weighted by Crippen LogP contribution is 2.28. The van der Waals surface area contributed by atoms with Gasteiger partial charge < -0.3 is 10.2 Å². The van der Waals surface area contributed by atoms with Crippen LogP contribution in [-0.2, 0) is 13.0 Å². The molecular weight excluding hydrogens is 370 g/mol. The summed E-state index contributed by atoms with van der Waals surface area (Å²) in [7, 11) is 0. The maximum absolute atomic E-state index is 13.3. The number of rotatable bonds is 3. The Hall–Kier alpha value is -2.88. The van der Waals surface area contributed by atoms with Crippen LogP contribution in [0.5, 0.6) is 0 Å². The number of hydrogen-bond donors (Lipinski definition) is 1. The molecule has 5 rings (SSSR count). The van der Waals surface area contributed by atoms with Gasteiger partial charge in [-0.1, -0.05) is 49.4 Å². The molecule has 4 nitrogen and oxygen atoms in total. The van der Waals surface area contributed by atoms with Gasteiger partial charge in [-0.25, -0.2) is 4.98 Å². The van der Waals surface area contributed by atoms with Crippen LogP contribution in [0.2, 0.25) is 0 Å². The van der Waals surface area contributed by atoms with Crippen LogP contribution in [0.15, 0.2) is 54.6 Å². The van der Waals surface area contributed by atoms with Crippen LogP contribution < -0.4 is 10.2 Å². The lowest BCUT2D eigenvalue weighted by Gasteiger charge is -2.30. The molecule has 0 unspecified atom stereocenters. The summed E-state index contributed by atoms with van der Waals surface area (Å²) in [6, 6.07) is 18.9. The van der Waals surface area contributed by atoms with Gasteiger partial charge in [-0.05, 0) is 61.3 Å². The molecule has 0 atom stereocenters. The Balaban J connectivity index is 1.45. The molecule has 1 amide bonds. The average Bonchev–Trinajstić information content (AvgIpc) is 2.79. The lowest BCUT2D eigenvalue weighted by atomic mass is 9.87. The summed E-state index contributed by atoms with van der Waals surface area (Å²) < 4.78 is 0. The lowest BCUT2D eigenvalue weighted by Crippen LogP contribution is -2.37. The third kappa shape index (κ3) is 3.79. The molecule has 1 fully saturated rings. The smallest absolute Gasteiger partial charge is 0.252 e. The predicted molar refractivity (Wildman–Crippen MR) is 122 cm³/mol. The van der Waals surface area contributed by atoms with Crippen LogP contribution in [0, 0.1) is 5.92 Å². The first kappa shape index (κ1) is 19.1. The molecular formula is C26H29N3O. The van der Waals surface area contributed by atoms with Crippen molar-refractivity contribution >= 4 is 22.6 Å². The molecule has 2 aliphatic rings. The van der Waals surface area contributed by atoms with Gasteiger partial charge in [0.15, 0.2) is 0 Å². The van der Waals surface area contributed by atoms with E-state index in [4.69, 9.17) is 4.98 Å². The number of benzene rings is 2. The Morgan fingerprint density at radius 1 is 1.00 bits per heavy atom. The van der Waals surface area contributed by atoms with Crippen LogP contribution in [0.25, 0.3) is 10.9 Å². The molecule has 2 heterocycles. The van der Waals surface area contributed by atoms with Crippen molar-refractivity contribution in [1.29, 1.82) is 0 Å². The average molecular weight is 400 g/mol. The number of carbonyl (C=O) groups is 1. The highest BCUT2D eigenvalue weighted by molar-refractivity contribution is 6.07. The minimum absolute atomic E-state index is 0.0341. The van der Waals surface area contributed by atoms with Crippen molar-refractivity contribution in [3.63, 3.8) is 0 Å². The molecule has 3 aromatic rings. The van der Waals surface area contributed by atoms with E-state index in [1.165, 1.54) is 24.0 Å². The zero-order valence-electron chi connectivity index (χ0n) is 17.6. The van der Waals surface area contributed by atoms with Crippen molar-refractivity contribution in [2.24, 2.45) is 5.92 Å². The van der Waals surface area contributed by atoms with Crippen molar-refractivity contribution in [3.8, 4) is 0 Å². The highest BCUT2D eigenvalue weighted by atomic mass is 16.1. The number of aromatic nitrogens is 1. The fraction of sp³-hybridized carbons (Fsp3) is 0.385. The second kappa shape index (κ2) is 8.10. The molecule has 1 aromatic heterocycles. The number of fused-ring (bicyclic) bond motifs is 2. The third-order valence-corrected chi connectivity index (χ3v) is 6.75. The van der Waals surface area contributed by atoms with Crippen LogP contribution in [0.4, 0.5) is 5.82 Å². The van der Waals surface area contributed by atoms with Gasteiger partial charge in [-0.2, -0.15) is 0 Å². The quantitative estimate of drug-likeness (QED) is 0.666. The first-order valence-electron chi connectivity index (χ1n) is 11.2. The Labute approximate surface area is 178 Å². The first-order valence-corrected chi connectivity index (χ1v) is 11.2. The van der Waals surface area contributed by atoms with Gasteiger partial charge in [0.1, 0.15) is 5.82 Å². The van der Waals surface area contributed by atoms with Crippen LogP contribution in [0.1, 0.15) is 54.1 Å². The van der Waals surface area contributed by atoms with Crippen molar-refractivity contribution in [3.05, 3.63) is 71.3 Å². The fourth-order valence-electron chi connectivity index (χ4n) is 4.87. The zero-order valence-corrected chi connectivity index (χ0v) is 17.6. The van der Waals surface area contributed by atoms with Crippen LogP contribution in [-0.4, -0.2) is 23.5 Å². The summed E-state index contributed by atoms with van der Waals surface area (Å²) in [5.41, 5.74) is 4.39. The van der Waals surface area contributed by atoms with Crippen molar-refractivity contribution in [1.82, 2.24) is 10.3 Å². The molecule has 1 saturated carbocycles. The number of amides is 1. The molecule has 1 aliphatic carbocycles. The molecule has 1 N–H and O–H groups in total. The number of nitrogens with zero attached hydrogens (tertiary/aromatic N) is 2. The molecule has 0 spiro atoms. The summed E-state index contributed by atoms with van der Waals surface area (Å²) in [4.78, 5) is 20.5. The van der Waals surface area contributed by atoms with Crippen molar-refractivity contribution in [2.75, 3.05) is 11.4 Å². The largest absolute Gasteiger partial charge is 0.352 e. The second-order valence-electron chi connectivity index (χ2n) is 8.92. The van der Waals surface area contributed by atoms with Crippen molar-refractivity contribution in [2.45, 2.75) is 51.6 Å². The van der Waals surface area contributed by atoms with E-state index in [0.717, 1.165) is 60.6 Å². The Bertz CT molecular complexity index is 1070. The Morgan fingerprint density at radius 2 is 1.73 bits per heavy atom. The van der Waals surface area contributed by atoms with E-state index in [1.54, 1.807) is 0 Å².